The Hall–Kier alpha value is -7.82. The summed E-state index contributed by atoms with van der Waals surface area (Å²) in [7, 11) is 0. The van der Waals surface area contributed by atoms with Gasteiger partial charge in [-0.05, 0) is 93.7 Å². The zero-order valence-corrected chi connectivity index (χ0v) is 31.5. The van der Waals surface area contributed by atoms with E-state index in [1.165, 1.54) is 16.5 Å². The van der Waals surface area contributed by atoms with E-state index in [-0.39, 0.29) is 0 Å². The molecule has 9 aromatic carbocycles. The zero-order valence-electron chi connectivity index (χ0n) is 31.5. The van der Waals surface area contributed by atoms with E-state index in [2.05, 4.69) is 199 Å². The molecule has 0 aliphatic rings. The topological polar surface area (TPSA) is 42.2 Å². The van der Waals surface area contributed by atoms with Crippen molar-refractivity contribution in [3.05, 3.63) is 212 Å². The third-order valence-electron chi connectivity index (χ3n) is 11.0. The van der Waals surface area contributed by atoms with Crippen LogP contribution >= 0.6 is 0 Å². The number of rotatable bonds is 7. The second-order valence-corrected chi connectivity index (χ2v) is 14.6. The average molecular weight is 742 g/mol. The summed E-state index contributed by atoms with van der Waals surface area (Å²) in [5, 5.41) is 5.52. The van der Waals surface area contributed by atoms with Crippen molar-refractivity contribution in [3.63, 3.8) is 0 Å². The summed E-state index contributed by atoms with van der Waals surface area (Å²) in [4.78, 5) is 12.7. The molecule has 0 spiro atoms. The van der Waals surface area contributed by atoms with Gasteiger partial charge in [0.15, 0.2) is 5.82 Å². The lowest BCUT2D eigenvalue weighted by Crippen LogP contribution is -2.09. The molecule has 58 heavy (non-hydrogen) atoms. The number of hydrogen-bond donors (Lipinski definition) is 0. The van der Waals surface area contributed by atoms with Crippen molar-refractivity contribution in [1.29, 1.82) is 0 Å². The highest BCUT2D eigenvalue weighted by Gasteiger charge is 2.21. The number of para-hydroxylation sites is 2. The molecule has 0 saturated carbocycles. The molecule has 0 bridgehead atoms. The summed E-state index contributed by atoms with van der Waals surface area (Å²) in [5.74, 6) is 0.649. The van der Waals surface area contributed by atoms with Crippen LogP contribution in [0.3, 0.4) is 0 Å². The average Bonchev–Trinajstić information content (AvgIpc) is 3.69. The minimum absolute atomic E-state index is 0.649. The highest BCUT2D eigenvalue weighted by Crippen LogP contribution is 2.44. The van der Waals surface area contributed by atoms with Gasteiger partial charge in [0.1, 0.15) is 11.2 Å². The normalized spacial score (nSPS) is 11.4. The zero-order chi connectivity index (χ0) is 38.4. The highest BCUT2D eigenvalue weighted by molar-refractivity contribution is 6.23. The molecule has 0 saturated heterocycles. The molecule has 11 rings (SSSR count). The Morgan fingerprint density at radius 3 is 1.79 bits per heavy atom. The molecular weight excluding hydrogens is 707 g/mol. The molecule has 0 fully saturated rings. The van der Waals surface area contributed by atoms with Crippen LogP contribution in [0, 0.1) is 0 Å². The first kappa shape index (κ1) is 33.5. The van der Waals surface area contributed by atoms with Gasteiger partial charge < -0.3 is 9.32 Å². The summed E-state index contributed by atoms with van der Waals surface area (Å²) in [5.41, 5.74) is 13.1. The van der Waals surface area contributed by atoms with Gasteiger partial charge in [0.25, 0.3) is 0 Å². The first-order valence-electron chi connectivity index (χ1n) is 19.6. The number of benzene rings is 9. The Kier molecular flexibility index (Phi) is 8.11. The van der Waals surface area contributed by atoms with Crippen molar-refractivity contribution in [2.75, 3.05) is 4.90 Å². The molecule has 4 nitrogen and oxygen atoms in total. The van der Waals surface area contributed by atoms with Crippen LogP contribution < -0.4 is 4.90 Å². The molecule has 11 aromatic rings. The number of anilines is 3. The van der Waals surface area contributed by atoms with E-state index in [9.17, 15) is 0 Å². The van der Waals surface area contributed by atoms with E-state index < -0.39 is 0 Å². The molecule has 0 amide bonds. The smallest absolute Gasteiger partial charge is 0.160 e. The van der Waals surface area contributed by atoms with Gasteiger partial charge in [0.2, 0.25) is 0 Å². The maximum Gasteiger partial charge on any atom is 0.160 e. The van der Waals surface area contributed by atoms with Gasteiger partial charge in [-0.25, -0.2) is 9.97 Å². The van der Waals surface area contributed by atoms with E-state index in [4.69, 9.17) is 14.4 Å². The SMILES string of the molecule is c1ccc(-c2cccc(N(c3ccccc3)c3ccc(-c4cc(-c5nc(-c6ccccc6)c6ccccc6n5)cc5oc6ccc7ccccc7c6c45)cc3)c2)cc1. The van der Waals surface area contributed by atoms with Crippen LogP contribution in [0.4, 0.5) is 17.1 Å². The Bertz CT molecular complexity index is 3270. The van der Waals surface area contributed by atoms with Crippen LogP contribution in [-0.4, -0.2) is 9.97 Å². The van der Waals surface area contributed by atoms with Gasteiger partial charge in [-0.15, -0.1) is 0 Å². The third kappa shape index (κ3) is 5.87. The molecule has 0 aliphatic heterocycles. The Morgan fingerprint density at radius 1 is 0.362 bits per heavy atom. The summed E-state index contributed by atoms with van der Waals surface area (Å²) in [6.45, 7) is 0. The third-order valence-corrected chi connectivity index (χ3v) is 11.0. The molecule has 0 atom stereocenters. The minimum Gasteiger partial charge on any atom is -0.456 e. The summed E-state index contributed by atoms with van der Waals surface area (Å²) in [6.07, 6.45) is 0. The maximum absolute atomic E-state index is 6.75. The number of hydrogen-bond acceptors (Lipinski definition) is 4. The van der Waals surface area contributed by atoms with E-state index in [0.29, 0.717) is 5.82 Å². The van der Waals surface area contributed by atoms with E-state index in [1.54, 1.807) is 0 Å². The molecule has 2 heterocycles. The van der Waals surface area contributed by atoms with Gasteiger partial charge in [0.05, 0.1) is 11.2 Å². The van der Waals surface area contributed by atoms with E-state index in [0.717, 1.165) is 83.2 Å². The number of aromatic nitrogens is 2. The number of furan rings is 1. The highest BCUT2D eigenvalue weighted by atomic mass is 16.3. The second-order valence-electron chi connectivity index (χ2n) is 14.6. The van der Waals surface area contributed by atoms with Gasteiger partial charge >= 0.3 is 0 Å². The van der Waals surface area contributed by atoms with Crippen LogP contribution in [0.2, 0.25) is 0 Å². The van der Waals surface area contributed by atoms with E-state index in [1.807, 2.05) is 18.2 Å². The fraction of sp³-hybridized carbons (Fsp3) is 0. The van der Waals surface area contributed by atoms with Gasteiger partial charge in [-0.2, -0.15) is 0 Å². The number of fused-ring (bicyclic) bond motifs is 6. The van der Waals surface area contributed by atoms with Crippen molar-refractivity contribution in [1.82, 2.24) is 9.97 Å². The van der Waals surface area contributed by atoms with Crippen molar-refractivity contribution < 1.29 is 4.42 Å². The molecule has 0 N–H and O–H groups in total. The summed E-state index contributed by atoms with van der Waals surface area (Å²) >= 11 is 0. The Morgan fingerprint density at radius 2 is 1.00 bits per heavy atom. The molecule has 0 radical (unpaired) electrons. The standard InChI is InChI=1S/C54H35N3O/c1-4-15-36(16-5-1)40-20-14-23-44(33-40)57(42-21-8-3-9-22-42)43-30-27-38(28-31-43)47-34-41(35-50-52(47)51-45-24-11-10-17-37(45)29-32-49(51)58-50)54-55-48-26-13-12-25-46(48)53(56-54)39-18-6-2-7-19-39/h1-35H. The lowest BCUT2D eigenvalue weighted by atomic mass is 9.94. The maximum atomic E-state index is 6.75. The fourth-order valence-electron chi connectivity index (χ4n) is 8.31. The van der Waals surface area contributed by atoms with Crippen LogP contribution in [0.5, 0.6) is 0 Å². The lowest BCUT2D eigenvalue weighted by molar-refractivity contribution is 0.669. The molecule has 272 valence electrons. The fourth-order valence-corrected chi connectivity index (χ4v) is 8.31. The molecule has 4 heteroatoms. The largest absolute Gasteiger partial charge is 0.456 e. The van der Waals surface area contributed by atoms with Gasteiger partial charge in [-0.1, -0.05) is 152 Å². The lowest BCUT2D eigenvalue weighted by Gasteiger charge is -2.26. The molecular formula is C54H35N3O. The van der Waals surface area contributed by atoms with Gasteiger partial charge in [-0.3, -0.25) is 0 Å². The van der Waals surface area contributed by atoms with Crippen molar-refractivity contribution in [2.24, 2.45) is 0 Å². The minimum atomic E-state index is 0.649. The van der Waals surface area contributed by atoms with E-state index >= 15 is 0 Å². The van der Waals surface area contributed by atoms with Gasteiger partial charge in [0, 0.05) is 44.3 Å². The first-order valence-corrected chi connectivity index (χ1v) is 19.6. The van der Waals surface area contributed by atoms with Crippen LogP contribution in [0.1, 0.15) is 0 Å². The molecule has 0 unspecified atom stereocenters. The van der Waals surface area contributed by atoms with Crippen molar-refractivity contribution in [3.8, 4) is 44.9 Å². The van der Waals surface area contributed by atoms with Crippen molar-refractivity contribution >= 4 is 60.7 Å². The predicted octanol–water partition coefficient (Wildman–Crippen LogP) is 14.8. The quantitative estimate of drug-likeness (QED) is 0.163. The Balaban J connectivity index is 1.11. The van der Waals surface area contributed by atoms with Crippen LogP contribution in [0.25, 0.3) is 88.5 Å². The molecule has 2 aromatic heterocycles. The molecule has 0 aliphatic carbocycles. The Labute approximate surface area is 335 Å². The number of nitrogens with zero attached hydrogens (tertiary/aromatic N) is 3. The first-order chi connectivity index (χ1) is 28.7. The van der Waals surface area contributed by atoms with Crippen LogP contribution in [-0.2, 0) is 0 Å². The van der Waals surface area contributed by atoms with Crippen molar-refractivity contribution in [2.45, 2.75) is 0 Å². The summed E-state index contributed by atoms with van der Waals surface area (Å²) < 4.78 is 6.75. The van der Waals surface area contributed by atoms with Crippen LogP contribution in [0.15, 0.2) is 217 Å². The second kappa shape index (κ2) is 14.0. The predicted molar refractivity (Wildman–Crippen MR) is 241 cm³/mol. The summed E-state index contributed by atoms with van der Waals surface area (Å²) in [6, 6.07) is 74.4. The monoisotopic (exact) mass is 741 g/mol.